The molecule has 0 radical (unpaired) electrons. The van der Waals surface area contributed by atoms with Crippen LogP contribution in [0, 0.1) is 20.8 Å². The molecule has 0 aliphatic carbocycles. The molecule has 0 aliphatic rings. The molecule has 2 aromatic carbocycles. The Kier molecular flexibility index (Phi) is 4.97. The summed E-state index contributed by atoms with van der Waals surface area (Å²) in [6.45, 7) is 10.8. The third kappa shape index (κ3) is 3.71. The smallest absolute Gasteiger partial charge is 0.0211 e. The van der Waals surface area contributed by atoms with E-state index in [4.69, 9.17) is 0 Å². The van der Waals surface area contributed by atoms with E-state index < -0.39 is 0 Å². The summed E-state index contributed by atoms with van der Waals surface area (Å²) >= 11 is 0. The van der Waals surface area contributed by atoms with Crippen LogP contribution >= 0.6 is 0 Å². The lowest BCUT2D eigenvalue weighted by atomic mass is 9.98. The van der Waals surface area contributed by atoms with Crippen molar-refractivity contribution >= 4 is 0 Å². The maximum atomic E-state index is 3.60. The van der Waals surface area contributed by atoms with Crippen LogP contribution in [-0.2, 0) is 6.54 Å². The Labute approximate surface area is 123 Å². The highest BCUT2D eigenvalue weighted by atomic mass is 14.9. The molecule has 106 valence electrons. The van der Waals surface area contributed by atoms with Gasteiger partial charge in [0.25, 0.3) is 0 Å². The summed E-state index contributed by atoms with van der Waals surface area (Å²) in [6.07, 6.45) is 0. The first-order valence-electron chi connectivity index (χ1n) is 7.40. The van der Waals surface area contributed by atoms with E-state index in [-0.39, 0.29) is 0 Å². The largest absolute Gasteiger partial charge is 0.312 e. The zero-order valence-electron chi connectivity index (χ0n) is 13.0. The van der Waals surface area contributed by atoms with Crippen LogP contribution in [0.3, 0.4) is 0 Å². The molecule has 1 atom stereocenters. The van der Waals surface area contributed by atoms with Crippen molar-refractivity contribution in [2.75, 3.05) is 6.54 Å². The van der Waals surface area contributed by atoms with Crippen LogP contribution in [0.4, 0.5) is 0 Å². The minimum Gasteiger partial charge on any atom is -0.312 e. The highest BCUT2D eigenvalue weighted by Gasteiger charge is 2.06. The van der Waals surface area contributed by atoms with Gasteiger partial charge in [0, 0.05) is 13.1 Å². The van der Waals surface area contributed by atoms with Crippen LogP contribution in [0.5, 0.6) is 0 Å². The predicted molar refractivity (Wildman–Crippen MR) is 87.2 cm³/mol. The summed E-state index contributed by atoms with van der Waals surface area (Å²) in [4.78, 5) is 0. The molecule has 0 heterocycles. The Morgan fingerprint density at radius 2 is 1.55 bits per heavy atom. The van der Waals surface area contributed by atoms with Gasteiger partial charge in [0.15, 0.2) is 0 Å². The first-order valence-corrected chi connectivity index (χ1v) is 7.40. The molecule has 0 spiro atoms. The number of aryl methyl sites for hydroxylation is 3. The van der Waals surface area contributed by atoms with Gasteiger partial charge in [-0.15, -0.1) is 0 Å². The SMILES string of the molecule is Cc1cc(C)c(CNCC(C)c2ccccc2)c(C)c1. The normalized spacial score (nSPS) is 12.4. The molecule has 1 N–H and O–H groups in total. The summed E-state index contributed by atoms with van der Waals surface area (Å²) in [7, 11) is 0. The molecule has 0 saturated carbocycles. The van der Waals surface area contributed by atoms with E-state index in [1.807, 2.05) is 0 Å². The van der Waals surface area contributed by atoms with Crippen LogP contribution < -0.4 is 5.32 Å². The van der Waals surface area contributed by atoms with Gasteiger partial charge in [-0.25, -0.2) is 0 Å². The van der Waals surface area contributed by atoms with Crippen molar-refractivity contribution in [1.82, 2.24) is 5.32 Å². The fourth-order valence-corrected chi connectivity index (χ4v) is 2.80. The van der Waals surface area contributed by atoms with Gasteiger partial charge in [-0.2, -0.15) is 0 Å². The number of rotatable bonds is 5. The van der Waals surface area contributed by atoms with Crippen molar-refractivity contribution in [3.05, 3.63) is 70.3 Å². The number of hydrogen-bond acceptors (Lipinski definition) is 1. The highest BCUT2D eigenvalue weighted by Crippen LogP contribution is 2.17. The van der Waals surface area contributed by atoms with E-state index in [0.29, 0.717) is 5.92 Å². The monoisotopic (exact) mass is 267 g/mol. The van der Waals surface area contributed by atoms with Gasteiger partial charge in [0.1, 0.15) is 0 Å². The van der Waals surface area contributed by atoms with E-state index >= 15 is 0 Å². The Hall–Kier alpha value is -1.60. The molecular formula is C19H25N. The van der Waals surface area contributed by atoms with Crippen LogP contribution in [0.25, 0.3) is 0 Å². The third-order valence-electron chi connectivity index (χ3n) is 3.96. The summed E-state index contributed by atoms with van der Waals surface area (Å²) in [5, 5.41) is 3.60. The van der Waals surface area contributed by atoms with E-state index in [1.165, 1.54) is 27.8 Å². The molecule has 0 fully saturated rings. The van der Waals surface area contributed by atoms with E-state index in [0.717, 1.165) is 13.1 Å². The number of benzene rings is 2. The second-order valence-electron chi connectivity index (χ2n) is 5.82. The molecule has 0 amide bonds. The Morgan fingerprint density at radius 3 is 2.15 bits per heavy atom. The van der Waals surface area contributed by atoms with Crippen molar-refractivity contribution in [1.29, 1.82) is 0 Å². The lowest BCUT2D eigenvalue weighted by Crippen LogP contribution is -2.20. The van der Waals surface area contributed by atoms with Gasteiger partial charge < -0.3 is 5.32 Å². The second kappa shape index (κ2) is 6.71. The predicted octanol–water partition coefficient (Wildman–Crippen LogP) is 4.51. The van der Waals surface area contributed by atoms with Crippen molar-refractivity contribution in [3.8, 4) is 0 Å². The lowest BCUT2D eigenvalue weighted by molar-refractivity contribution is 0.612. The summed E-state index contributed by atoms with van der Waals surface area (Å²) in [5.74, 6) is 0.544. The van der Waals surface area contributed by atoms with Gasteiger partial charge in [-0.05, 0) is 48.9 Å². The Bertz CT molecular complexity index is 534. The van der Waals surface area contributed by atoms with E-state index in [1.54, 1.807) is 0 Å². The van der Waals surface area contributed by atoms with Crippen LogP contribution in [0.15, 0.2) is 42.5 Å². The first-order chi connectivity index (χ1) is 9.58. The molecule has 1 unspecified atom stereocenters. The summed E-state index contributed by atoms with van der Waals surface area (Å²) in [5.41, 5.74) is 6.97. The molecule has 0 bridgehead atoms. The second-order valence-corrected chi connectivity index (χ2v) is 5.82. The van der Waals surface area contributed by atoms with Crippen LogP contribution in [0.2, 0.25) is 0 Å². The Morgan fingerprint density at radius 1 is 0.950 bits per heavy atom. The highest BCUT2D eigenvalue weighted by molar-refractivity contribution is 5.37. The minimum atomic E-state index is 0.544. The lowest BCUT2D eigenvalue weighted by Gasteiger charge is -2.16. The number of nitrogens with one attached hydrogen (secondary N) is 1. The van der Waals surface area contributed by atoms with Gasteiger partial charge in [0.05, 0.1) is 0 Å². The summed E-state index contributed by atoms with van der Waals surface area (Å²) in [6, 6.07) is 15.2. The molecule has 2 aromatic rings. The molecule has 0 aliphatic heterocycles. The molecule has 20 heavy (non-hydrogen) atoms. The van der Waals surface area contributed by atoms with Crippen LogP contribution in [-0.4, -0.2) is 6.54 Å². The summed E-state index contributed by atoms with van der Waals surface area (Å²) < 4.78 is 0. The maximum Gasteiger partial charge on any atom is 0.0211 e. The van der Waals surface area contributed by atoms with Gasteiger partial charge in [-0.1, -0.05) is 55.0 Å². The van der Waals surface area contributed by atoms with Crippen molar-refractivity contribution in [2.45, 2.75) is 40.2 Å². The molecule has 0 aromatic heterocycles. The van der Waals surface area contributed by atoms with Gasteiger partial charge in [-0.3, -0.25) is 0 Å². The minimum absolute atomic E-state index is 0.544. The van der Waals surface area contributed by atoms with Crippen molar-refractivity contribution in [2.24, 2.45) is 0 Å². The van der Waals surface area contributed by atoms with E-state index in [9.17, 15) is 0 Å². The van der Waals surface area contributed by atoms with Crippen molar-refractivity contribution in [3.63, 3.8) is 0 Å². The first kappa shape index (κ1) is 14.8. The quantitative estimate of drug-likeness (QED) is 0.840. The average molecular weight is 267 g/mol. The zero-order valence-corrected chi connectivity index (χ0v) is 13.0. The van der Waals surface area contributed by atoms with Gasteiger partial charge in [0.2, 0.25) is 0 Å². The average Bonchev–Trinajstić information content (AvgIpc) is 2.42. The van der Waals surface area contributed by atoms with Crippen LogP contribution in [0.1, 0.15) is 40.7 Å². The fraction of sp³-hybridized carbons (Fsp3) is 0.368. The molecule has 0 saturated heterocycles. The number of hydrogen-bond donors (Lipinski definition) is 1. The molecule has 1 heteroatoms. The molecule has 2 rings (SSSR count). The van der Waals surface area contributed by atoms with Crippen molar-refractivity contribution < 1.29 is 0 Å². The standard InChI is InChI=1S/C19H25N/c1-14-10-15(2)19(16(3)11-14)13-20-12-17(4)18-8-6-5-7-9-18/h5-11,17,20H,12-13H2,1-4H3. The Balaban J connectivity index is 1.94. The maximum absolute atomic E-state index is 3.60. The van der Waals surface area contributed by atoms with E-state index in [2.05, 4.69) is 75.5 Å². The van der Waals surface area contributed by atoms with Gasteiger partial charge >= 0.3 is 0 Å². The molecular weight excluding hydrogens is 242 g/mol. The zero-order chi connectivity index (χ0) is 14.5. The third-order valence-corrected chi connectivity index (χ3v) is 3.96. The topological polar surface area (TPSA) is 12.0 Å². The fourth-order valence-electron chi connectivity index (χ4n) is 2.80. The molecule has 1 nitrogen and oxygen atoms in total.